The smallest absolute Gasteiger partial charge is 0.334 e. The minimum atomic E-state index is -0.145. The first-order chi connectivity index (χ1) is 8.81. The van der Waals surface area contributed by atoms with Crippen molar-refractivity contribution in [3.05, 3.63) is 53.6 Å². The van der Waals surface area contributed by atoms with Crippen molar-refractivity contribution >= 4 is 11.5 Å². The van der Waals surface area contributed by atoms with Crippen molar-refractivity contribution in [2.75, 3.05) is 6.61 Å². The first-order valence-corrected chi connectivity index (χ1v) is 6.46. The monoisotopic (exact) mass is 240 g/mol. The lowest BCUT2D eigenvalue weighted by atomic mass is 9.91. The van der Waals surface area contributed by atoms with E-state index < -0.39 is 0 Å². The zero-order chi connectivity index (χ0) is 12.5. The second-order valence-electron chi connectivity index (χ2n) is 4.75. The Labute approximate surface area is 107 Å². The number of carbonyl (C=O) groups is 1. The number of hydrogen-bond donors (Lipinski definition) is 0. The molecule has 2 nitrogen and oxygen atoms in total. The highest BCUT2D eigenvalue weighted by atomic mass is 16.5. The summed E-state index contributed by atoms with van der Waals surface area (Å²) in [6.07, 6.45) is 5.39. The third-order valence-electron chi connectivity index (χ3n) is 3.70. The first kappa shape index (κ1) is 11.3. The van der Waals surface area contributed by atoms with Crippen LogP contribution < -0.4 is 0 Å². The van der Waals surface area contributed by atoms with Gasteiger partial charge in [-0.1, -0.05) is 42.5 Å². The summed E-state index contributed by atoms with van der Waals surface area (Å²) in [5.41, 5.74) is 3.19. The van der Waals surface area contributed by atoms with Gasteiger partial charge in [0.1, 0.15) is 0 Å². The van der Waals surface area contributed by atoms with Gasteiger partial charge in [-0.2, -0.15) is 0 Å². The van der Waals surface area contributed by atoms with E-state index in [-0.39, 0.29) is 11.9 Å². The topological polar surface area (TPSA) is 26.3 Å². The Hall–Kier alpha value is -1.83. The van der Waals surface area contributed by atoms with Crippen molar-refractivity contribution in [1.82, 2.24) is 0 Å². The Kier molecular flexibility index (Phi) is 2.78. The van der Waals surface area contributed by atoms with Crippen LogP contribution in [0.4, 0.5) is 0 Å². The summed E-state index contributed by atoms with van der Waals surface area (Å²) in [6.45, 7) is 2.29. The van der Waals surface area contributed by atoms with Gasteiger partial charge in [0.05, 0.1) is 6.61 Å². The van der Waals surface area contributed by atoms with Crippen molar-refractivity contribution in [1.29, 1.82) is 0 Å². The van der Waals surface area contributed by atoms with E-state index in [0.717, 1.165) is 17.6 Å². The number of hydrogen-bond acceptors (Lipinski definition) is 2. The Morgan fingerprint density at radius 2 is 1.94 bits per heavy atom. The number of rotatable bonds is 3. The van der Waals surface area contributed by atoms with E-state index in [1.54, 1.807) is 0 Å². The van der Waals surface area contributed by atoms with Gasteiger partial charge < -0.3 is 4.74 Å². The maximum Gasteiger partial charge on any atom is 0.334 e. The molecule has 0 heterocycles. The van der Waals surface area contributed by atoms with E-state index in [9.17, 15) is 4.79 Å². The number of benzene rings is 1. The summed E-state index contributed by atoms with van der Waals surface area (Å²) in [5.74, 6) is 0.495. The van der Waals surface area contributed by atoms with Crippen LogP contribution in [0, 0.1) is 11.8 Å². The molecule has 0 saturated heterocycles. The molecule has 0 unspecified atom stereocenters. The molecular weight excluding hydrogens is 224 g/mol. The molecular formula is C16H16O2. The molecule has 2 heteroatoms. The Balaban J connectivity index is 2.05. The molecule has 2 aliphatic rings. The molecule has 0 saturated carbocycles. The lowest BCUT2D eigenvalue weighted by molar-refractivity contribution is -0.138. The van der Waals surface area contributed by atoms with Crippen LogP contribution in [0.2, 0.25) is 0 Å². The molecule has 0 aromatic heterocycles. The van der Waals surface area contributed by atoms with Gasteiger partial charge in [0.15, 0.2) is 0 Å². The molecule has 0 radical (unpaired) electrons. The van der Waals surface area contributed by atoms with E-state index in [2.05, 4.69) is 24.3 Å². The van der Waals surface area contributed by atoms with Crippen molar-refractivity contribution in [3.8, 4) is 0 Å². The average molecular weight is 240 g/mol. The molecule has 3 rings (SSSR count). The zero-order valence-electron chi connectivity index (χ0n) is 10.4. The van der Waals surface area contributed by atoms with Crippen LogP contribution >= 0.6 is 0 Å². The van der Waals surface area contributed by atoms with E-state index >= 15 is 0 Å². The quantitative estimate of drug-likeness (QED) is 0.599. The van der Waals surface area contributed by atoms with Crippen molar-refractivity contribution in [2.45, 2.75) is 13.3 Å². The summed E-state index contributed by atoms with van der Waals surface area (Å²) in [4.78, 5) is 12.1. The normalized spacial score (nSPS) is 24.7. The molecule has 0 aliphatic heterocycles. The van der Waals surface area contributed by atoms with Gasteiger partial charge >= 0.3 is 5.97 Å². The van der Waals surface area contributed by atoms with E-state index in [1.807, 2.05) is 25.1 Å². The van der Waals surface area contributed by atoms with Gasteiger partial charge in [0, 0.05) is 17.4 Å². The van der Waals surface area contributed by atoms with E-state index in [0.29, 0.717) is 12.5 Å². The van der Waals surface area contributed by atoms with Crippen LogP contribution in [0.1, 0.15) is 18.9 Å². The summed E-state index contributed by atoms with van der Waals surface area (Å²) in [6, 6.07) is 10.2. The highest BCUT2D eigenvalue weighted by Gasteiger charge is 2.39. The number of allylic oxidation sites excluding steroid dienone is 3. The molecule has 0 spiro atoms. The minimum absolute atomic E-state index is 0.145. The van der Waals surface area contributed by atoms with Gasteiger partial charge in [-0.25, -0.2) is 4.79 Å². The summed E-state index contributed by atoms with van der Waals surface area (Å²) in [7, 11) is 0. The van der Waals surface area contributed by atoms with Crippen molar-refractivity contribution < 1.29 is 9.53 Å². The van der Waals surface area contributed by atoms with Gasteiger partial charge in [0.2, 0.25) is 0 Å². The third kappa shape index (κ3) is 1.69. The molecule has 0 fully saturated rings. The second kappa shape index (κ2) is 4.45. The van der Waals surface area contributed by atoms with E-state index in [4.69, 9.17) is 4.74 Å². The number of carbonyl (C=O) groups excluding carboxylic acids is 1. The van der Waals surface area contributed by atoms with Gasteiger partial charge in [-0.05, 0) is 24.5 Å². The maximum absolute atomic E-state index is 12.1. The highest BCUT2D eigenvalue weighted by Crippen LogP contribution is 2.48. The van der Waals surface area contributed by atoms with Crippen LogP contribution in [-0.4, -0.2) is 12.6 Å². The number of esters is 1. The zero-order valence-corrected chi connectivity index (χ0v) is 10.4. The largest absolute Gasteiger partial charge is 0.463 e. The average Bonchev–Trinajstić information content (AvgIpc) is 3.00. The summed E-state index contributed by atoms with van der Waals surface area (Å²) in [5, 5.41) is 0. The fraction of sp³-hybridized carbons (Fsp3) is 0.312. The fourth-order valence-corrected chi connectivity index (χ4v) is 2.98. The van der Waals surface area contributed by atoms with Crippen LogP contribution in [0.3, 0.4) is 0 Å². The predicted molar refractivity (Wildman–Crippen MR) is 70.7 cm³/mol. The van der Waals surface area contributed by atoms with Crippen molar-refractivity contribution in [2.24, 2.45) is 11.8 Å². The van der Waals surface area contributed by atoms with Crippen LogP contribution in [-0.2, 0) is 9.53 Å². The predicted octanol–water partition coefficient (Wildman–Crippen LogP) is 3.21. The van der Waals surface area contributed by atoms with Gasteiger partial charge in [-0.15, -0.1) is 0 Å². The fourth-order valence-electron chi connectivity index (χ4n) is 2.98. The lowest BCUT2D eigenvalue weighted by Crippen LogP contribution is -2.13. The molecule has 92 valence electrons. The first-order valence-electron chi connectivity index (χ1n) is 6.46. The highest BCUT2D eigenvalue weighted by molar-refractivity contribution is 6.01. The van der Waals surface area contributed by atoms with Gasteiger partial charge in [-0.3, -0.25) is 0 Å². The Bertz CT molecular complexity index is 525. The Morgan fingerprint density at radius 3 is 2.67 bits per heavy atom. The van der Waals surface area contributed by atoms with Crippen molar-refractivity contribution in [3.63, 3.8) is 0 Å². The molecule has 0 N–H and O–H groups in total. The maximum atomic E-state index is 12.1. The van der Waals surface area contributed by atoms with Crippen LogP contribution in [0.5, 0.6) is 0 Å². The molecule has 2 aliphatic carbocycles. The minimum Gasteiger partial charge on any atom is -0.463 e. The SMILES string of the molecule is CCOC(=O)C1=C(c2ccccc2)[C@H]2C=C[C@@H]1C2. The molecule has 2 atom stereocenters. The molecule has 18 heavy (non-hydrogen) atoms. The summed E-state index contributed by atoms with van der Waals surface area (Å²) >= 11 is 0. The Morgan fingerprint density at radius 1 is 1.22 bits per heavy atom. The number of fused-ring (bicyclic) bond motifs is 2. The molecule has 2 bridgehead atoms. The standard InChI is InChI=1S/C16H16O2/c1-2-18-16(17)15-13-9-8-12(10-13)14(15)11-6-4-3-5-7-11/h3-9,12-13H,2,10H2,1H3/t12-,13+/m0/s1. The second-order valence-corrected chi connectivity index (χ2v) is 4.75. The van der Waals surface area contributed by atoms with Crippen LogP contribution in [0.25, 0.3) is 5.57 Å². The lowest BCUT2D eigenvalue weighted by Gasteiger charge is -2.15. The molecule has 0 amide bonds. The molecule has 1 aromatic rings. The van der Waals surface area contributed by atoms with E-state index in [1.165, 1.54) is 5.57 Å². The molecule has 1 aromatic carbocycles. The van der Waals surface area contributed by atoms with Crippen LogP contribution in [0.15, 0.2) is 48.1 Å². The number of ether oxygens (including phenoxy) is 1. The summed E-state index contributed by atoms with van der Waals surface area (Å²) < 4.78 is 5.20. The third-order valence-corrected chi connectivity index (χ3v) is 3.70. The van der Waals surface area contributed by atoms with Gasteiger partial charge in [0.25, 0.3) is 0 Å².